The number of aryl methyl sites for hydroxylation is 1. The van der Waals surface area contributed by atoms with E-state index in [1.165, 1.54) is 12.1 Å². The molecule has 1 unspecified atom stereocenters. The number of carbonyl (C=O) groups is 1. The van der Waals surface area contributed by atoms with Crippen LogP contribution in [-0.2, 0) is 11.2 Å². The van der Waals surface area contributed by atoms with Crippen LogP contribution in [0.4, 0.5) is 10.1 Å². The Morgan fingerprint density at radius 1 is 1.12 bits per heavy atom. The number of likely N-dealkylation sites (N-methyl/N-ethyl adjacent to an activating group) is 1. The number of methoxy groups -OCH3 is 2. The van der Waals surface area contributed by atoms with Gasteiger partial charge in [0.2, 0.25) is 5.91 Å². The minimum atomic E-state index is -0.301. The quantitative estimate of drug-likeness (QED) is 0.639. The number of carbonyl (C=O) groups excluding carboxylic acids is 1. The van der Waals surface area contributed by atoms with E-state index in [9.17, 15) is 9.18 Å². The lowest BCUT2D eigenvalue weighted by Gasteiger charge is -2.37. The van der Waals surface area contributed by atoms with Crippen molar-refractivity contribution in [3.8, 4) is 11.5 Å². The van der Waals surface area contributed by atoms with Gasteiger partial charge in [-0.05, 0) is 49.7 Å². The van der Waals surface area contributed by atoms with Gasteiger partial charge in [0, 0.05) is 43.9 Å². The van der Waals surface area contributed by atoms with Crippen LogP contribution in [0.3, 0.4) is 0 Å². The molecule has 0 bridgehead atoms. The third-order valence-corrected chi connectivity index (χ3v) is 6.10. The molecule has 0 spiro atoms. The van der Waals surface area contributed by atoms with Crippen LogP contribution in [0.2, 0.25) is 0 Å². The Balaban J connectivity index is 1.66. The van der Waals surface area contributed by atoms with Gasteiger partial charge in [0.15, 0.2) is 11.5 Å². The van der Waals surface area contributed by atoms with Crippen molar-refractivity contribution < 1.29 is 18.7 Å². The van der Waals surface area contributed by atoms with E-state index in [4.69, 9.17) is 9.47 Å². The lowest BCUT2D eigenvalue weighted by molar-refractivity contribution is -0.121. The number of nitrogens with one attached hydrogen (secondary N) is 1. The number of rotatable bonds is 9. The third-order valence-electron chi connectivity index (χ3n) is 6.10. The fourth-order valence-electron chi connectivity index (χ4n) is 4.26. The van der Waals surface area contributed by atoms with E-state index in [0.29, 0.717) is 24.3 Å². The average Bonchev–Trinajstić information content (AvgIpc) is 2.82. The van der Waals surface area contributed by atoms with Gasteiger partial charge in [-0.15, -0.1) is 0 Å². The lowest BCUT2D eigenvalue weighted by atomic mass is 10.0. The van der Waals surface area contributed by atoms with Crippen molar-refractivity contribution in [1.82, 2.24) is 10.2 Å². The summed E-state index contributed by atoms with van der Waals surface area (Å²) in [6, 6.07) is 10.2. The Bertz CT molecular complexity index is 913. The monoisotopic (exact) mass is 443 g/mol. The fraction of sp³-hybridized carbons (Fsp3) is 0.480. The van der Waals surface area contributed by atoms with Crippen molar-refractivity contribution in [2.24, 2.45) is 0 Å². The second-order valence-electron chi connectivity index (χ2n) is 8.07. The standard InChI is InChI=1S/C25H34FN3O3/c1-5-28-13-15-29(16-14-28)22-11-10-20(26)17-21(22)18(2)27-24(30)12-9-19-7-6-8-23(31-3)25(19)32-4/h6-8,10-11,17-18H,5,9,12-16H2,1-4H3,(H,27,30). The van der Waals surface area contributed by atoms with Gasteiger partial charge < -0.3 is 24.6 Å². The van der Waals surface area contributed by atoms with Crippen LogP contribution in [0.5, 0.6) is 11.5 Å². The summed E-state index contributed by atoms with van der Waals surface area (Å²) >= 11 is 0. The molecule has 0 radical (unpaired) electrons. The third kappa shape index (κ3) is 5.71. The summed E-state index contributed by atoms with van der Waals surface area (Å²) in [5.41, 5.74) is 2.71. The van der Waals surface area contributed by atoms with E-state index in [1.807, 2.05) is 31.2 Å². The van der Waals surface area contributed by atoms with Crippen molar-refractivity contribution in [3.63, 3.8) is 0 Å². The summed E-state index contributed by atoms with van der Waals surface area (Å²) in [7, 11) is 3.18. The summed E-state index contributed by atoms with van der Waals surface area (Å²) in [5, 5.41) is 3.04. The second-order valence-corrected chi connectivity index (χ2v) is 8.07. The van der Waals surface area contributed by atoms with Gasteiger partial charge in [-0.2, -0.15) is 0 Å². The van der Waals surface area contributed by atoms with Crippen molar-refractivity contribution in [2.75, 3.05) is 51.8 Å². The van der Waals surface area contributed by atoms with Crippen molar-refractivity contribution in [1.29, 1.82) is 0 Å². The summed E-state index contributed by atoms with van der Waals surface area (Å²) in [5.74, 6) is 0.910. The van der Waals surface area contributed by atoms with Crippen LogP contribution >= 0.6 is 0 Å². The van der Waals surface area contributed by atoms with Crippen LogP contribution in [0.25, 0.3) is 0 Å². The molecule has 32 heavy (non-hydrogen) atoms. The molecule has 2 aromatic rings. The molecule has 2 aromatic carbocycles. The maximum absolute atomic E-state index is 14.1. The Morgan fingerprint density at radius 2 is 1.88 bits per heavy atom. The molecule has 6 nitrogen and oxygen atoms in total. The molecule has 7 heteroatoms. The molecule has 174 valence electrons. The van der Waals surface area contributed by atoms with Crippen LogP contribution < -0.4 is 19.7 Å². The number of nitrogens with zero attached hydrogens (tertiary/aromatic N) is 2. The average molecular weight is 444 g/mol. The highest BCUT2D eigenvalue weighted by Crippen LogP contribution is 2.32. The highest BCUT2D eigenvalue weighted by molar-refractivity contribution is 5.77. The van der Waals surface area contributed by atoms with Crippen LogP contribution in [0.1, 0.15) is 37.4 Å². The largest absolute Gasteiger partial charge is 0.493 e. The summed E-state index contributed by atoms with van der Waals surface area (Å²) in [4.78, 5) is 17.4. The molecular formula is C25H34FN3O3. The first-order valence-corrected chi connectivity index (χ1v) is 11.2. The molecule has 0 aliphatic carbocycles. The molecule has 1 heterocycles. The predicted molar refractivity (Wildman–Crippen MR) is 125 cm³/mol. The summed E-state index contributed by atoms with van der Waals surface area (Å²) in [6.07, 6.45) is 0.821. The molecule has 1 aliphatic heterocycles. The lowest BCUT2D eigenvalue weighted by Crippen LogP contribution is -2.46. The van der Waals surface area contributed by atoms with Gasteiger partial charge in [-0.3, -0.25) is 4.79 Å². The first-order chi connectivity index (χ1) is 15.5. The number of halogens is 1. The number of hydrogen-bond donors (Lipinski definition) is 1. The van der Waals surface area contributed by atoms with E-state index in [0.717, 1.165) is 49.5 Å². The van der Waals surface area contributed by atoms with E-state index in [-0.39, 0.29) is 17.8 Å². The van der Waals surface area contributed by atoms with E-state index in [1.54, 1.807) is 14.2 Å². The molecule has 1 amide bonds. The van der Waals surface area contributed by atoms with Crippen molar-refractivity contribution in [2.45, 2.75) is 32.7 Å². The molecular weight excluding hydrogens is 409 g/mol. The Labute approximate surface area is 190 Å². The molecule has 0 aromatic heterocycles. The topological polar surface area (TPSA) is 54.0 Å². The maximum Gasteiger partial charge on any atom is 0.220 e. The number of benzene rings is 2. The number of hydrogen-bond acceptors (Lipinski definition) is 5. The zero-order chi connectivity index (χ0) is 23.1. The Kier molecular flexibility index (Phi) is 8.33. The van der Waals surface area contributed by atoms with Gasteiger partial charge >= 0.3 is 0 Å². The van der Waals surface area contributed by atoms with E-state index in [2.05, 4.69) is 22.0 Å². The normalized spacial score (nSPS) is 15.3. The molecule has 1 aliphatic rings. The molecule has 1 N–H and O–H groups in total. The van der Waals surface area contributed by atoms with Crippen LogP contribution in [-0.4, -0.2) is 57.8 Å². The maximum atomic E-state index is 14.1. The van der Waals surface area contributed by atoms with Crippen LogP contribution in [0.15, 0.2) is 36.4 Å². The Morgan fingerprint density at radius 3 is 2.53 bits per heavy atom. The second kappa shape index (κ2) is 11.2. The highest BCUT2D eigenvalue weighted by Gasteiger charge is 2.22. The molecule has 1 saturated heterocycles. The molecule has 1 fully saturated rings. The number of piperazine rings is 1. The van der Waals surface area contributed by atoms with E-state index < -0.39 is 0 Å². The van der Waals surface area contributed by atoms with E-state index >= 15 is 0 Å². The fourth-order valence-corrected chi connectivity index (χ4v) is 4.26. The van der Waals surface area contributed by atoms with Gasteiger partial charge in [0.25, 0.3) is 0 Å². The molecule has 0 saturated carbocycles. The van der Waals surface area contributed by atoms with Crippen LogP contribution in [0, 0.1) is 5.82 Å². The number of ether oxygens (including phenoxy) is 2. The molecule has 1 atom stereocenters. The summed E-state index contributed by atoms with van der Waals surface area (Å²) in [6.45, 7) is 8.86. The predicted octanol–water partition coefficient (Wildman–Crippen LogP) is 3.79. The first-order valence-electron chi connectivity index (χ1n) is 11.2. The number of para-hydroxylation sites is 1. The SMILES string of the molecule is CCN1CCN(c2ccc(F)cc2C(C)NC(=O)CCc2cccc(OC)c2OC)CC1. The van der Waals surface area contributed by atoms with Crippen molar-refractivity contribution >= 4 is 11.6 Å². The zero-order valence-corrected chi connectivity index (χ0v) is 19.5. The van der Waals surface area contributed by atoms with Gasteiger partial charge in [0.1, 0.15) is 5.82 Å². The number of amides is 1. The van der Waals surface area contributed by atoms with Gasteiger partial charge in [-0.1, -0.05) is 19.1 Å². The zero-order valence-electron chi connectivity index (χ0n) is 19.5. The molecule has 3 rings (SSSR count). The Hall–Kier alpha value is -2.80. The minimum absolute atomic E-state index is 0.0895. The van der Waals surface area contributed by atoms with Gasteiger partial charge in [0.05, 0.1) is 20.3 Å². The smallest absolute Gasteiger partial charge is 0.220 e. The van der Waals surface area contributed by atoms with Gasteiger partial charge in [-0.25, -0.2) is 4.39 Å². The highest BCUT2D eigenvalue weighted by atomic mass is 19.1. The number of anilines is 1. The first kappa shape index (κ1) is 23.9. The van der Waals surface area contributed by atoms with Crippen molar-refractivity contribution in [3.05, 3.63) is 53.3 Å². The summed E-state index contributed by atoms with van der Waals surface area (Å²) < 4.78 is 24.9. The minimum Gasteiger partial charge on any atom is -0.493 e.